The molecule has 20 heavy (non-hydrogen) atoms. The van der Waals surface area contributed by atoms with Crippen molar-refractivity contribution in [3.05, 3.63) is 49.6 Å². The quantitative estimate of drug-likeness (QED) is 0.867. The maximum Gasteiger partial charge on any atom is 0.258 e. The molecule has 106 valence electrons. The number of hydrogen-bond donors (Lipinski definition) is 1. The fourth-order valence-corrected chi connectivity index (χ4v) is 2.91. The minimum absolute atomic E-state index is 0.111. The van der Waals surface area contributed by atoms with Crippen molar-refractivity contribution in [2.24, 2.45) is 0 Å². The molecule has 1 heterocycles. The number of thiophene rings is 1. The summed E-state index contributed by atoms with van der Waals surface area (Å²) in [6.07, 6.45) is 0. The number of carbonyl (C=O) groups excluding carboxylic acids is 1. The fraction of sp³-hybridized carbons (Fsp3) is 0.154. The van der Waals surface area contributed by atoms with E-state index in [0.29, 0.717) is 26.7 Å². The number of benzene rings is 1. The number of halogens is 3. The van der Waals surface area contributed by atoms with Gasteiger partial charge in [0.1, 0.15) is 5.75 Å². The molecule has 3 nitrogen and oxygen atoms in total. The van der Waals surface area contributed by atoms with Crippen molar-refractivity contribution in [3.8, 4) is 5.75 Å². The molecule has 2 rings (SSSR count). The van der Waals surface area contributed by atoms with E-state index in [1.54, 1.807) is 24.3 Å². The molecule has 1 aromatic heterocycles. The second-order valence-electron chi connectivity index (χ2n) is 3.85. The third-order valence-corrected chi connectivity index (χ3v) is 4.10. The second-order valence-corrected chi connectivity index (χ2v) is 6.49. The Morgan fingerprint density at radius 2 is 2.00 bits per heavy atom. The highest BCUT2D eigenvalue weighted by Crippen LogP contribution is 2.27. The average molecular weight is 351 g/mol. The van der Waals surface area contributed by atoms with Gasteiger partial charge in [-0.15, -0.1) is 11.3 Å². The van der Waals surface area contributed by atoms with Crippen molar-refractivity contribution in [2.45, 2.75) is 6.54 Å². The summed E-state index contributed by atoms with van der Waals surface area (Å²) in [7, 11) is 0. The van der Waals surface area contributed by atoms with Crippen LogP contribution in [0.5, 0.6) is 5.75 Å². The monoisotopic (exact) mass is 349 g/mol. The fourth-order valence-electron chi connectivity index (χ4n) is 1.42. The number of hydrogen-bond acceptors (Lipinski definition) is 3. The zero-order valence-electron chi connectivity index (χ0n) is 10.2. The Bertz CT molecular complexity index is 615. The van der Waals surface area contributed by atoms with Crippen molar-refractivity contribution in [1.82, 2.24) is 5.32 Å². The van der Waals surface area contributed by atoms with Crippen LogP contribution < -0.4 is 10.1 Å². The van der Waals surface area contributed by atoms with Crippen LogP contribution in [0.15, 0.2) is 30.3 Å². The second kappa shape index (κ2) is 7.18. The third kappa shape index (κ3) is 4.56. The zero-order chi connectivity index (χ0) is 14.5. The highest BCUT2D eigenvalue weighted by Gasteiger charge is 2.07. The molecular weight excluding hydrogens is 341 g/mol. The largest absolute Gasteiger partial charge is 0.482 e. The summed E-state index contributed by atoms with van der Waals surface area (Å²) in [5, 5.41) is 3.62. The van der Waals surface area contributed by atoms with Gasteiger partial charge in [0.2, 0.25) is 0 Å². The summed E-state index contributed by atoms with van der Waals surface area (Å²) in [6, 6.07) is 8.48. The Hall–Kier alpha value is -0.940. The molecule has 7 heteroatoms. The summed E-state index contributed by atoms with van der Waals surface area (Å²) in [6.45, 7) is 0.314. The Kier molecular flexibility index (Phi) is 5.54. The van der Waals surface area contributed by atoms with E-state index < -0.39 is 0 Å². The summed E-state index contributed by atoms with van der Waals surface area (Å²) in [5.74, 6) is 0.186. The van der Waals surface area contributed by atoms with E-state index in [4.69, 9.17) is 39.5 Å². The van der Waals surface area contributed by atoms with E-state index in [0.717, 1.165) is 4.88 Å². The normalized spacial score (nSPS) is 10.3. The Balaban J connectivity index is 1.80. The molecule has 0 aliphatic carbocycles. The van der Waals surface area contributed by atoms with Crippen LogP contribution in [-0.2, 0) is 11.3 Å². The van der Waals surface area contributed by atoms with Gasteiger partial charge in [-0.3, -0.25) is 4.79 Å². The first kappa shape index (κ1) is 15.4. The van der Waals surface area contributed by atoms with Gasteiger partial charge in [-0.25, -0.2) is 0 Å². The van der Waals surface area contributed by atoms with Crippen LogP contribution in [-0.4, -0.2) is 12.5 Å². The first-order chi connectivity index (χ1) is 9.54. The molecule has 1 amide bonds. The molecular formula is C13H10Cl3NO2S. The van der Waals surface area contributed by atoms with Crippen molar-refractivity contribution < 1.29 is 9.53 Å². The molecule has 0 fully saturated rings. The van der Waals surface area contributed by atoms with Gasteiger partial charge in [0.25, 0.3) is 5.91 Å². The van der Waals surface area contributed by atoms with Crippen molar-refractivity contribution in [3.63, 3.8) is 0 Å². The lowest BCUT2D eigenvalue weighted by molar-refractivity contribution is -0.123. The molecule has 0 bridgehead atoms. The standard InChI is InChI=1S/C13H10Cl3NO2S/c14-8-1-3-11(10(15)5-8)19-7-13(18)17-6-9-2-4-12(16)20-9/h1-5H,6-7H2,(H,17,18). The van der Waals surface area contributed by atoms with E-state index in [-0.39, 0.29) is 12.5 Å². The summed E-state index contributed by atoms with van der Waals surface area (Å²) in [4.78, 5) is 12.6. The third-order valence-electron chi connectivity index (χ3n) is 2.34. The van der Waals surface area contributed by atoms with Gasteiger partial charge in [0, 0.05) is 9.90 Å². The number of rotatable bonds is 5. The molecule has 1 aromatic carbocycles. The highest BCUT2D eigenvalue weighted by atomic mass is 35.5. The van der Waals surface area contributed by atoms with Crippen molar-refractivity contribution in [1.29, 1.82) is 0 Å². The zero-order valence-corrected chi connectivity index (χ0v) is 13.2. The lowest BCUT2D eigenvalue weighted by Gasteiger charge is -2.08. The molecule has 0 radical (unpaired) electrons. The molecule has 0 saturated heterocycles. The minimum Gasteiger partial charge on any atom is -0.482 e. The van der Waals surface area contributed by atoms with Gasteiger partial charge in [-0.05, 0) is 30.3 Å². The van der Waals surface area contributed by atoms with Crippen LogP contribution in [0.1, 0.15) is 4.88 Å². The van der Waals surface area contributed by atoms with E-state index in [1.165, 1.54) is 11.3 Å². The first-order valence-electron chi connectivity index (χ1n) is 5.63. The average Bonchev–Trinajstić information content (AvgIpc) is 2.81. The van der Waals surface area contributed by atoms with Gasteiger partial charge in [0.15, 0.2) is 6.61 Å². The minimum atomic E-state index is -0.236. The Labute approximate surface area is 135 Å². The molecule has 0 saturated carbocycles. The predicted octanol–water partition coefficient (Wildman–Crippen LogP) is 4.40. The molecule has 0 aliphatic rings. The van der Waals surface area contributed by atoms with Crippen LogP contribution in [0.4, 0.5) is 0 Å². The van der Waals surface area contributed by atoms with Crippen LogP contribution in [0, 0.1) is 0 Å². The molecule has 0 aliphatic heterocycles. The van der Waals surface area contributed by atoms with E-state index in [1.807, 2.05) is 6.07 Å². The number of ether oxygens (including phenoxy) is 1. The highest BCUT2D eigenvalue weighted by molar-refractivity contribution is 7.16. The van der Waals surface area contributed by atoms with Gasteiger partial charge < -0.3 is 10.1 Å². The lowest BCUT2D eigenvalue weighted by atomic mass is 10.3. The summed E-state index contributed by atoms with van der Waals surface area (Å²) >= 11 is 18.9. The number of nitrogens with one attached hydrogen (secondary N) is 1. The predicted molar refractivity (Wildman–Crippen MR) is 83.1 cm³/mol. The molecule has 0 atom stereocenters. The van der Waals surface area contributed by atoms with Crippen LogP contribution >= 0.6 is 46.1 Å². The molecule has 0 spiro atoms. The van der Waals surface area contributed by atoms with Crippen LogP contribution in [0.25, 0.3) is 0 Å². The van der Waals surface area contributed by atoms with Crippen molar-refractivity contribution >= 4 is 52.0 Å². The Morgan fingerprint density at radius 3 is 2.65 bits per heavy atom. The number of carbonyl (C=O) groups is 1. The smallest absolute Gasteiger partial charge is 0.258 e. The Morgan fingerprint density at radius 1 is 1.20 bits per heavy atom. The van der Waals surface area contributed by atoms with Crippen LogP contribution in [0.3, 0.4) is 0 Å². The van der Waals surface area contributed by atoms with E-state index >= 15 is 0 Å². The van der Waals surface area contributed by atoms with Crippen molar-refractivity contribution in [2.75, 3.05) is 6.61 Å². The van der Waals surface area contributed by atoms with Crippen LogP contribution in [0.2, 0.25) is 14.4 Å². The van der Waals surface area contributed by atoms with Gasteiger partial charge in [0.05, 0.1) is 15.9 Å². The molecule has 2 aromatic rings. The van der Waals surface area contributed by atoms with E-state index in [9.17, 15) is 4.79 Å². The summed E-state index contributed by atoms with van der Waals surface area (Å²) < 4.78 is 6.01. The number of amides is 1. The first-order valence-corrected chi connectivity index (χ1v) is 7.58. The summed E-state index contributed by atoms with van der Waals surface area (Å²) in [5.41, 5.74) is 0. The van der Waals surface area contributed by atoms with Gasteiger partial charge in [-0.2, -0.15) is 0 Å². The molecule has 0 unspecified atom stereocenters. The van der Waals surface area contributed by atoms with Gasteiger partial charge >= 0.3 is 0 Å². The van der Waals surface area contributed by atoms with E-state index in [2.05, 4.69) is 5.32 Å². The topological polar surface area (TPSA) is 38.3 Å². The van der Waals surface area contributed by atoms with Gasteiger partial charge in [-0.1, -0.05) is 34.8 Å². The maximum atomic E-state index is 11.6. The maximum absolute atomic E-state index is 11.6. The SMILES string of the molecule is O=C(COc1ccc(Cl)cc1Cl)NCc1ccc(Cl)s1. The lowest BCUT2D eigenvalue weighted by Crippen LogP contribution is -2.28. The molecule has 1 N–H and O–H groups in total.